The summed E-state index contributed by atoms with van der Waals surface area (Å²) in [6, 6.07) is 12.3. The van der Waals surface area contributed by atoms with E-state index in [1.165, 1.54) is 16.5 Å². The number of aryl methyl sites for hydroxylation is 2. The van der Waals surface area contributed by atoms with Gasteiger partial charge in [-0.1, -0.05) is 42.2 Å². The highest BCUT2D eigenvalue weighted by Crippen LogP contribution is 2.37. The molecule has 6 heterocycles. The van der Waals surface area contributed by atoms with Gasteiger partial charge in [0.2, 0.25) is 11.8 Å². The molecule has 0 saturated carbocycles. The van der Waals surface area contributed by atoms with Crippen LogP contribution in [0, 0.1) is 36.4 Å². The number of piperidine rings is 1. The number of aromatic nitrogens is 5. The van der Waals surface area contributed by atoms with Crippen LogP contribution < -0.4 is 5.32 Å². The van der Waals surface area contributed by atoms with E-state index in [4.69, 9.17) is 4.74 Å². The highest BCUT2D eigenvalue weighted by molar-refractivity contribution is 7.15. The van der Waals surface area contributed by atoms with Gasteiger partial charge in [-0.15, -0.1) is 21.5 Å². The number of benzene rings is 2. The van der Waals surface area contributed by atoms with Crippen LogP contribution in [0.5, 0.6) is 0 Å². The third-order valence-corrected chi connectivity index (χ3v) is 10.6. The standard InChI is InChI=1S/C39H32FN7O4S/c1-24-43-44-34-22-51-21-30-28(18-25-8-4-2-5-9-25)33(52-39(30)47(24)34)15-12-27-19-45(23-41-27)17-7-3-6-10-26-11-13-31(40)36-29(26)20-46(38(36)50)32-14-16-35(48)42-37(32)49/h2,4-5,8-9,11,13,19,23,32H,3,7,14,16-18,20-22H2,1H3,(H,42,48,49). The van der Waals surface area contributed by atoms with Crippen molar-refractivity contribution < 1.29 is 23.5 Å². The Morgan fingerprint density at radius 2 is 1.90 bits per heavy atom. The van der Waals surface area contributed by atoms with E-state index in [1.807, 2.05) is 35.9 Å². The van der Waals surface area contributed by atoms with Crippen molar-refractivity contribution in [2.75, 3.05) is 0 Å². The maximum atomic E-state index is 14.8. The molecule has 0 spiro atoms. The van der Waals surface area contributed by atoms with Crippen LogP contribution in [0.4, 0.5) is 4.39 Å². The second kappa shape index (κ2) is 14.0. The highest BCUT2D eigenvalue weighted by Gasteiger charge is 2.41. The van der Waals surface area contributed by atoms with E-state index in [0.717, 1.165) is 45.5 Å². The molecule has 3 amide bonds. The smallest absolute Gasteiger partial charge is 0.258 e. The Balaban J connectivity index is 0.948. The van der Waals surface area contributed by atoms with Crippen molar-refractivity contribution in [3.63, 3.8) is 0 Å². The molecule has 1 saturated heterocycles. The summed E-state index contributed by atoms with van der Waals surface area (Å²) in [5, 5.41) is 11.9. The van der Waals surface area contributed by atoms with Crippen molar-refractivity contribution in [2.45, 2.75) is 71.4 Å². The molecule has 13 heteroatoms. The monoisotopic (exact) mass is 713 g/mol. The first-order valence-corrected chi connectivity index (χ1v) is 17.8. The molecule has 8 rings (SSSR count). The quantitative estimate of drug-likeness (QED) is 0.155. The third-order valence-electron chi connectivity index (χ3n) is 9.42. The Bertz CT molecular complexity index is 2370. The summed E-state index contributed by atoms with van der Waals surface area (Å²) in [6.07, 6.45) is 6.04. The second-order valence-electron chi connectivity index (χ2n) is 12.8. The molecule has 11 nitrogen and oxygen atoms in total. The lowest BCUT2D eigenvalue weighted by Gasteiger charge is -2.29. The lowest BCUT2D eigenvalue weighted by atomic mass is 10.0. The summed E-state index contributed by atoms with van der Waals surface area (Å²) in [4.78, 5) is 43.9. The zero-order chi connectivity index (χ0) is 35.8. The maximum absolute atomic E-state index is 14.8. The number of carbonyl (C=O) groups is 3. The fraction of sp³-hybridized carbons (Fsp3) is 0.282. The minimum atomic E-state index is -0.818. The van der Waals surface area contributed by atoms with Crippen molar-refractivity contribution in [1.29, 1.82) is 0 Å². The van der Waals surface area contributed by atoms with Gasteiger partial charge in [-0.2, -0.15) is 0 Å². The van der Waals surface area contributed by atoms with Gasteiger partial charge in [0.15, 0.2) is 5.82 Å². The Kier molecular flexibility index (Phi) is 8.97. The van der Waals surface area contributed by atoms with Crippen molar-refractivity contribution in [1.82, 2.24) is 34.5 Å². The molecule has 2 aromatic carbocycles. The van der Waals surface area contributed by atoms with Crippen LogP contribution >= 0.6 is 11.3 Å². The van der Waals surface area contributed by atoms with Gasteiger partial charge in [-0.05, 0) is 61.3 Å². The maximum Gasteiger partial charge on any atom is 0.258 e. The summed E-state index contributed by atoms with van der Waals surface area (Å²) in [6.45, 7) is 3.56. The highest BCUT2D eigenvalue weighted by atomic mass is 32.1. The lowest BCUT2D eigenvalue weighted by molar-refractivity contribution is -0.136. The molecule has 260 valence electrons. The van der Waals surface area contributed by atoms with Gasteiger partial charge in [-0.3, -0.25) is 24.3 Å². The zero-order valence-corrected chi connectivity index (χ0v) is 29.1. The number of nitrogens with one attached hydrogen (secondary N) is 1. The van der Waals surface area contributed by atoms with Crippen LogP contribution in [0.2, 0.25) is 0 Å². The van der Waals surface area contributed by atoms with Gasteiger partial charge in [0.1, 0.15) is 35.0 Å². The van der Waals surface area contributed by atoms with Crippen molar-refractivity contribution >= 4 is 29.1 Å². The Hall–Kier alpha value is -5.89. The molecule has 5 aromatic rings. The normalized spacial score (nSPS) is 16.2. The molecule has 1 atom stereocenters. The van der Waals surface area contributed by atoms with Gasteiger partial charge in [0.25, 0.3) is 5.91 Å². The SMILES string of the molecule is Cc1nnc2n1-c1sc(C#Cc3cn(CCCC#Cc4ccc(F)c5c4CN(C4CCC(=O)NC4=O)C5=O)cn3)c(Cc3ccccc3)c1COC2. The van der Waals surface area contributed by atoms with Crippen LogP contribution in [-0.2, 0) is 47.1 Å². The fourth-order valence-electron chi connectivity index (χ4n) is 6.84. The number of rotatable bonds is 6. The molecular formula is C39H32FN7O4S. The molecule has 0 bridgehead atoms. The van der Waals surface area contributed by atoms with E-state index < -0.39 is 23.7 Å². The minimum Gasteiger partial charge on any atom is -0.369 e. The summed E-state index contributed by atoms with van der Waals surface area (Å²) in [5.41, 5.74) is 5.06. The summed E-state index contributed by atoms with van der Waals surface area (Å²) in [7, 11) is 0. The molecule has 3 aliphatic rings. The Morgan fingerprint density at radius 3 is 2.75 bits per heavy atom. The van der Waals surface area contributed by atoms with E-state index in [-0.39, 0.29) is 30.9 Å². The van der Waals surface area contributed by atoms with Gasteiger partial charge >= 0.3 is 0 Å². The molecule has 1 fully saturated rings. The van der Waals surface area contributed by atoms with Gasteiger partial charge in [0.05, 0.1) is 23.4 Å². The van der Waals surface area contributed by atoms with Crippen LogP contribution in [-0.4, -0.2) is 53.0 Å². The average Bonchev–Trinajstić information content (AvgIpc) is 3.88. The number of unbranched alkanes of at least 4 members (excludes halogenated alkanes) is 1. The van der Waals surface area contributed by atoms with Crippen LogP contribution in [0.25, 0.3) is 5.00 Å². The van der Waals surface area contributed by atoms with E-state index in [2.05, 4.69) is 60.9 Å². The van der Waals surface area contributed by atoms with E-state index >= 15 is 0 Å². The molecule has 3 aliphatic heterocycles. The van der Waals surface area contributed by atoms with Gasteiger partial charge < -0.3 is 14.2 Å². The second-order valence-corrected chi connectivity index (χ2v) is 13.8. The van der Waals surface area contributed by atoms with Crippen molar-refractivity contribution in [2.24, 2.45) is 0 Å². The Labute approximate surface area is 302 Å². The van der Waals surface area contributed by atoms with Gasteiger partial charge in [-0.25, -0.2) is 9.37 Å². The fourth-order valence-corrected chi connectivity index (χ4v) is 8.08. The van der Waals surface area contributed by atoms with Crippen LogP contribution in [0.1, 0.15) is 86.1 Å². The first kappa shape index (κ1) is 33.3. The molecule has 1 unspecified atom stereocenters. The molecule has 3 aromatic heterocycles. The number of fused-ring (bicyclic) bond motifs is 4. The number of thiophene rings is 1. The number of amides is 3. The predicted molar refractivity (Wildman–Crippen MR) is 188 cm³/mol. The van der Waals surface area contributed by atoms with E-state index in [9.17, 15) is 18.8 Å². The number of hydrogen-bond donors (Lipinski definition) is 1. The number of imide groups is 1. The molecule has 1 N–H and O–H groups in total. The Morgan fingerprint density at radius 1 is 1.04 bits per heavy atom. The summed E-state index contributed by atoms with van der Waals surface area (Å²) in [5.74, 6) is 12.4. The summed E-state index contributed by atoms with van der Waals surface area (Å²) < 4.78 is 24.8. The minimum absolute atomic E-state index is 0.0547. The number of carbonyl (C=O) groups excluding carboxylic acids is 3. The van der Waals surface area contributed by atoms with Crippen LogP contribution in [0.15, 0.2) is 55.0 Å². The third kappa shape index (κ3) is 6.41. The largest absolute Gasteiger partial charge is 0.369 e. The average molecular weight is 714 g/mol. The predicted octanol–water partition coefficient (Wildman–Crippen LogP) is 4.59. The summed E-state index contributed by atoms with van der Waals surface area (Å²) >= 11 is 1.62. The molecule has 0 aliphatic carbocycles. The zero-order valence-electron chi connectivity index (χ0n) is 28.2. The number of halogens is 1. The molecular weight excluding hydrogens is 682 g/mol. The number of nitrogens with zero attached hydrogens (tertiary/aromatic N) is 6. The number of imidazole rings is 1. The van der Waals surface area contributed by atoms with Crippen molar-refractivity contribution in [3.8, 4) is 28.7 Å². The first-order valence-electron chi connectivity index (χ1n) is 17.0. The van der Waals surface area contributed by atoms with Gasteiger partial charge in [0, 0.05) is 48.8 Å². The molecule has 0 radical (unpaired) electrons. The topological polar surface area (TPSA) is 124 Å². The van der Waals surface area contributed by atoms with Crippen LogP contribution in [0.3, 0.4) is 0 Å². The number of ether oxygens (including phenoxy) is 1. The van der Waals surface area contributed by atoms with Crippen molar-refractivity contribution in [3.05, 3.63) is 116 Å². The lowest BCUT2D eigenvalue weighted by Crippen LogP contribution is -2.52. The van der Waals surface area contributed by atoms with E-state index in [0.29, 0.717) is 43.0 Å². The number of hydrogen-bond acceptors (Lipinski definition) is 8. The first-order chi connectivity index (χ1) is 25.3. The molecule has 52 heavy (non-hydrogen) atoms. The van der Waals surface area contributed by atoms with E-state index in [1.54, 1.807) is 23.7 Å².